The number of fused-ring (bicyclic) bond motifs is 1. The number of hydrogen-bond donors (Lipinski definition) is 2. The van der Waals surface area contributed by atoms with E-state index in [2.05, 4.69) is 34.9 Å². The van der Waals surface area contributed by atoms with E-state index in [1.165, 1.54) is 18.2 Å². The minimum Gasteiger partial charge on any atom is -0.497 e. The maximum absolute atomic E-state index is 14.8. The number of carbonyl (C=O) groups excluding carboxylic acids is 2. The summed E-state index contributed by atoms with van der Waals surface area (Å²) < 4.78 is 40.6. The smallest absolute Gasteiger partial charge is 0.243 e. The monoisotopic (exact) mass is 532 g/mol. The Bertz CT molecular complexity index is 1410. The van der Waals surface area contributed by atoms with Gasteiger partial charge in [0.1, 0.15) is 29.2 Å². The lowest BCUT2D eigenvalue weighted by Crippen LogP contribution is -2.44. The zero-order valence-corrected chi connectivity index (χ0v) is 21.6. The van der Waals surface area contributed by atoms with E-state index in [1.54, 1.807) is 0 Å². The van der Waals surface area contributed by atoms with Crippen LogP contribution >= 0.6 is 0 Å². The van der Waals surface area contributed by atoms with Crippen LogP contribution in [-0.4, -0.2) is 38.1 Å². The van der Waals surface area contributed by atoms with Gasteiger partial charge in [-0.3, -0.25) is 9.59 Å². The zero-order chi connectivity index (χ0) is 27.1. The van der Waals surface area contributed by atoms with E-state index in [0.29, 0.717) is 12.5 Å². The molecule has 1 saturated heterocycles. The highest BCUT2D eigenvalue weighted by molar-refractivity contribution is 5.91. The lowest BCUT2D eigenvalue weighted by atomic mass is 9.78. The van der Waals surface area contributed by atoms with Crippen LogP contribution in [0.25, 0.3) is 0 Å². The summed E-state index contributed by atoms with van der Waals surface area (Å²) in [4.78, 5) is 25.7. The normalized spacial score (nSPS) is 22.3. The number of halogens is 2. The number of methoxy groups -OCH3 is 1. The third kappa shape index (κ3) is 4.84. The van der Waals surface area contributed by atoms with Crippen LogP contribution in [0.1, 0.15) is 53.4 Å². The average molecular weight is 533 g/mol. The molecule has 3 aromatic rings. The molecule has 202 valence electrons. The van der Waals surface area contributed by atoms with Crippen LogP contribution in [0.3, 0.4) is 0 Å². The summed E-state index contributed by atoms with van der Waals surface area (Å²) in [6.07, 6.45) is 2.86. The maximum Gasteiger partial charge on any atom is 0.243 e. The molecule has 2 amide bonds. The van der Waals surface area contributed by atoms with Crippen molar-refractivity contribution in [2.24, 2.45) is 0 Å². The first-order valence-corrected chi connectivity index (χ1v) is 13.3. The summed E-state index contributed by atoms with van der Waals surface area (Å²) in [7, 11) is 1.32. The maximum atomic E-state index is 14.8. The summed E-state index contributed by atoms with van der Waals surface area (Å²) in [5.41, 5.74) is 3.16. The number of amides is 2. The molecule has 3 aromatic carbocycles. The van der Waals surface area contributed by atoms with Crippen LogP contribution in [0.2, 0.25) is 0 Å². The third-order valence-electron chi connectivity index (χ3n) is 8.37. The standard InChI is InChI=1S/C31H30F2N2O4/c1-38-22-13-25(32)28(26(33)14-22)24-16-34-30(37)29(24)35-27(36)15-31(9-10-31)20-6-4-7-21(12-20)39-17-19-11-18-5-2-3-8-23(18)19/h2-8,12-14,19,24,29H,9-11,15-17H2,1H3,(H,34,37)(H,35,36)/t19?,24-,29-/m0/s1. The van der Waals surface area contributed by atoms with Crippen molar-refractivity contribution < 1.29 is 27.8 Å². The molecule has 1 saturated carbocycles. The van der Waals surface area contributed by atoms with Gasteiger partial charge in [0.2, 0.25) is 11.8 Å². The highest BCUT2D eigenvalue weighted by atomic mass is 19.1. The molecular formula is C31H30F2N2O4. The lowest BCUT2D eigenvalue weighted by molar-refractivity contribution is -0.127. The third-order valence-corrected chi connectivity index (χ3v) is 8.37. The first kappa shape index (κ1) is 25.3. The van der Waals surface area contributed by atoms with Gasteiger partial charge in [0, 0.05) is 47.9 Å². The SMILES string of the molecule is COc1cc(F)c([C@@H]2CNC(=O)[C@H]2NC(=O)CC2(c3cccc(OCC4Cc5ccccc54)c3)CC2)c(F)c1. The molecule has 6 rings (SSSR count). The van der Waals surface area contributed by atoms with Crippen molar-refractivity contribution in [3.8, 4) is 11.5 Å². The Balaban J connectivity index is 1.11. The molecule has 2 fully saturated rings. The molecule has 39 heavy (non-hydrogen) atoms. The molecule has 3 aliphatic rings. The quantitative estimate of drug-likeness (QED) is 0.425. The number of nitrogens with one attached hydrogen (secondary N) is 2. The largest absolute Gasteiger partial charge is 0.497 e. The van der Waals surface area contributed by atoms with Crippen molar-refractivity contribution in [2.45, 2.75) is 49.0 Å². The molecule has 0 spiro atoms. The lowest BCUT2D eigenvalue weighted by Gasteiger charge is -2.30. The van der Waals surface area contributed by atoms with Crippen molar-refractivity contribution >= 4 is 11.8 Å². The average Bonchev–Trinajstić information content (AvgIpc) is 3.61. The summed E-state index contributed by atoms with van der Waals surface area (Å²) in [6, 6.07) is 17.4. The molecule has 1 aliphatic heterocycles. The minimum atomic E-state index is -1.06. The highest BCUT2D eigenvalue weighted by Crippen LogP contribution is 2.51. The second kappa shape index (κ2) is 9.98. The Morgan fingerprint density at radius 2 is 1.82 bits per heavy atom. The van der Waals surface area contributed by atoms with Gasteiger partial charge < -0.3 is 20.1 Å². The van der Waals surface area contributed by atoms with E-state index in [-0.39, 0.29) is 35.6 Å². The Kier molecular flexibility index (Phi) is 6.49. The number of hydrogen-bond acceptors (Lipinski definition) is 4. The van der Waals surface area contributed by atoms with Gasteiger partial charge >= 0.3 is 0 Å². The molecule has 1 unspecified atom stereocenters. The fourth-order valence-electron chi connectivity index (χ4n) is 5.96. The fraction of sp³-hybridized carbons (Fsp3) is 0.355. The van der Waals surface area contributed by atoms with Crippen LogP contribution in [0, 0.1) is 11.6 Å². The van der Waals surface area contributed by atoms with Crippen LogP contribution in [-0.2, 0) is 21.4 Å². The zero-order valence-electron chi connectivity index (χ0n) is 21.6. The predicted octanol–water partition coefficient (Wildman–Crippen LogP) is 4.51. The van der Waals surface area contributed by atoms with E-state index < -0.39 is 29.5 Å². The van der Waals surface area contributed by atoms with E-state index in [0.717, 1.165) is 42.7 Å². The minimum absolute atomic E-state index is 0.0277. The van der Waals surface area contributed by atoms with Gasteiger partial charge in [-0.2, -0.15) is 0 Å². The van der Waals surface area contributed by atoms with Gasteiger partial charge in [0.25, 0.3) is 0 Å². The van der Waals surface area contributed by atoms with E-state index in [9.17, 15) is 18.4 Å². The molecule has 3 atom stereocenters. The number of ether oxygens (including phenoxy) is 2. The van der Waals surface area contributed by atoms with Crippen molar-refractivity contribution in [3.05, 3.63) is 94.6 Å². The molecular weight excluding hydrogens is 502 g/mol. The number of carbonyl (C=O) groups is 2. The van der Waals surface area contributed by atoms with Gasteiger partial charge in [-0.05, 0) is 48.1 Å². The molecule has 8 heteroatoms. The number of benzene rings is 3. The predicted molar refractivity (Wildman–Crippen MR) is 141 cm³/mol. The van der Waals surface area contributed by atoms with Crippen LogP contribution < -0.4 is 20.1 Å². The van der Waals surface area contributed by atoms with Crippen molar-refractivity contribution in [2.75, 3.05) is 20.3 Å². The molecule has 0 bridgehead atoms. The van der Waals surface area contributed by atoms with E-state index in [1.807, 2.05) is 24.3 Å². The summed E-state index contributed by atoms with van der Waals surface area (Å²) in [5.74, 6) is -2.07. The van der Waals surface area contributed by atoms with Gasteiger partial charge in [-0.15, -0.1) is 0 Å². The fourth-order valence-corrected chi connectivity index (χ4v) is 5.96. The van der Waals surface area contributed by atoms with Crippen molar-refractivity contribution in [1.29, 1.82) is 0 Å². The Hall–Kier alpha value is -3.94. The molecule has 0 radical (unpaired) electrons. The second-order valence-corrected chi connectivity index (χ2v) is 10.8. The first-order valence-electron chi connectivity index (χ1n) is 13.3. The highest BCUT2D eigenvalue weighted by Gasteiger charge is 2.47. The van der Waals surface area contributed by atoms with E-state index in [4.69, 9.17) is 9.47 Å². The summed E-state index contributed by atoms with van der Waals surface area (Å²) in [6.45, 7) is 0.630. The Morgan fingerprint density at radius 1 is 1.05 bits per heavy atom. The summed E-state index contributed by atoms with van der Waals surface area (Å²) in [5, 5.41) is 5.39. The second-order valence-electron chi connectivity index (χ2n) is 10.8. The molecule has 1 heterocycles. The Labute approximate surface area is 225 Å². The molecule has 0 aromatic heterocycles. The van der Waals surface area contributed by atoms with Crippen LogP contribution in [0.4, 0.5) is 8.78 Å². The van der Waals surface area contributed by atoms with Crippen LogP contribution in [0.15, 0.2) is 60.7 Å². The topological polar surface area (TPSA) is 76.7 Å². The van der Waals surface area contributed by atoms with Crippen molar-refractivity contribution in [1.82, 2.24) is 10.6 Å². The van der Waals surface area contributed by atoms with Gasteiger partial charge in [-0.1, -0.05) is 36.4 Å². The van der Waals surface area contributed by atoms with Gasteiger partial charge in [-0.25, -0.2) is 8.78 Å². The van der Waals surface area contributed by atoms with Crippen LogP contribution in [0.5, 0.6) is 11.5 Å². The summed E-state index contributed by atoms with van der Waals surface area (Å²) >= 11 is 0. The molecule has 2 N–H and O–H groups in total. The Morgan fingerprint density at radius 3 is 2.54 bits per heavy atom. The van der Waals surface area contributed by atoms with Gasteiger partial charge in [0.15, 0.2) is 0 Å². The van der Waals surface area contributed by atoms with E-state index >= 15 is 0 Å². The number of rotatable bonds is 9. The molecule has 2 aliphatic carbocycles. The first-order chi connectivity index (χ1) is 18.9. The molecule has 6 nitrogen and oxygen atoms in total. The van der Waals surface area contributed by atoms with Gasteiger partial charge in [0.05, 0.1) is 13.7 Å². The van der Waals surface area contributed by atoms with Crippen molar-refractivity contribution in [3.63, 3.8) is 0 Å².